The van der Waals surface area contributed by atoms with Crippen LogP contribution < -0.4 is 10.1 Å². The van der Waals surface area contributed by atoms with Crippen LogP contribution in [0.25, 0.3) is 0 Å². The number of benzene rings is 1. The number of halogens is 3. The number of hydrogen-bond donors (Lipinski definition) is 2. The van der Waals surface area contributed by atoms with Crippen LogP contribution in [0, 0.1) is 11.8 Å². The van der Waals surface area contributed by atoms with Crippen molar-refractivity contribution in [3.05, 3.63) is 23.8 Å². The normalized spacial score (nSPS) is 20.5. The summed E-state index contributed by atoms with van der Waals surface area (Å²) in [7, 11) is 0. The van der Waals surface area contributed by atoms with Gasteiger partial charge >= 0.3 is 12.1 Å². The topological polar surface area (TPSA) is 75.6 Å². The highest BCUT2D eigenvalue weighted by Gasteiger charge is 2.33. The van der Waals surface area contributed by atoms with E-state index in [9.17, 15) is 22.8 Å². The summed E-state index contributed by atoms with van der Waals surface area (Å²) in [4.78, 5) is 23.4. The maximum Gasteiger partial charge on any atom is 0.416 e. The largest absolute Gasteiger partial charge is 0.491 e. The molecule has 0 spiro atoms. The second-order valence-electron chi connectivity index (χ2n) is 6.43. The Morgan fingerprint density at radius 3 is 2.35 bits per heavy atom. The van der Waals surface area contributed by atoms with E-state index < -0.39 is 35.5 Å². The molecule has 0 atom stereocenters. The number of ether oxygens (including phenoxy) is 1. The van der Waals surface area contributed by atoms with Crippen LogP contribution in [0.1, 0.15) is 44.6 Å². The molecule has 0 heterocycles. The average Bonchev–Trinajstić information content (AvgIpc) is 2.59. The molecule has 0 radical (unpaired) electrons. The molecule has 5 nitrogen and oxygen atoms in total. The fourth-order valence-electron chi connectivity index (χ4n) is 2.98. The number of carboxylic acids is 1. The van der Waals surface area contributed by atoms with E-state index in [1.54, 1.807) is 0 Å². The maximum absolute atomic E-state index is 13.0. The predicted molar refractivity (Wildman–Crippen MR) is 88.9 cm³/mol. The first-order valence-corrected chi connectivity index (χ1v) is 8.60. The van der Waals surface area contributed by atoms with E-state index >= 15 is 0 Å². The van der Waals surface area contributed by atoms with Gasteiger partial charge in [-0.1, -0.05) is 6.92 Å². The highest BCUT2D eigenvalue weighted by Crippen LogP contribution is 2.36. The van der Waals surface area contributed by atoms with Crippen LogP contribution in [0.5, 0.6) is 5.75 Å². The van der Waals surface area contributed by atoms with Crippen molar-refractivity contribution in [3.63, 3.8) is 0 Å². The summed E-state index contributed by atoms with van der Waals surface area (Å²) in [5.41, 5.74) is -0.884. The van der Waals surface area contributed by atoms with E-state index in [1.165, 1.54) is 6.07 Å². The summed E-state index contributed by atoms with van der Waals surface area (Å²) in [5, 5.41) is 11.5. The van der Waals surface area contributed by atoms with Crippen molar-refractivity contribution >= 4 is 17.6 Å². The van der Waals surface area contributed by atoms with Gasteiger partial charge in [0, 0.05) is 5.92 Å². The molecule has 0 aliphatic heterocycles. The van der Waals surface area contributed by atoms with Gasteiger partial charge < -0.3 is 15.2 Å². The number of amides is 1. The van der Waals surface area contributed by atoms with E-state index in [0.29, 0.717) is 38.7 Å². The highest BCUT2D eigenvalue weighted by atomic mass is 19.4. The molecule has 1 fully saturated rings. The Bertz CT molecular complexity index is 652. The van der Waals surface area contributed by atoms with E-state index in [0.717, 1.165) is 12.1 Å². The fourth-order valence-corrected chi connectivity index (χ4v) is 2.98. The Morgan fingerprint density at radius 2 is 1.81 bits per heavy atom. The highest BCUT2D eigenvalue weighted by molar-refractivity contribution is 5.94. The molecule has 0 unspecified atom stereocenters. The predicted octanol–water partition coefficient (Wildman–Crippen LogP) is 4.32. The summed E-state index contributed by atoms with van der Waals surface area (Å²) in [6, 6.07) is 2.99. The van der Waals surface area contributed by atoms with Gasteiger partial charge in [0.1, 0.15) is 5.75 Å². The SMILES string of the molecule is CCCOc1ccc(C(F)(F)F)cc1NC(=O)C1CCC(C(=O)O)CC1. The maximum atomic E-state index is 13.0. The second kappa shape index (κ2) is 8.42. The summed E-state index contributed by atoms with van der Waals surface area (Å²) in [5.74, 6) is -1.98. The van der Waals surface area contributed by atoms with E-state index in [4.69, 9.17) is 9.84 Å². The lowest BCUT2D eigenvalue weighted by Crippen LogP contribution is -2.29. The summed E-state index contributed by atoms with van der Waals surface area (Å²) < 4.78 is 44.3. The quantitative estimate of drug-likeness (QED) is 0.779. The van der Waals surface area contributed by atoms with Crippen molar-refractivity contribution in [1.82, 2.24) is 0 Å². The zero-order valence-corrected chi connectivity index (χ0v) is 14.4. The molecule has 0 saturated heterocycles. The van der Waals surface area contributed by atoms with E-state index in [2.05, 4.69) is 5.32 Å². The number of carboxylic acid groups (broad SMARTS) is 1. The molecular weight excluding hydrogens is 351 g/mol. The van der Waals surface area contributed by atoms with Gasteiger partial charge in [-0.2, -0.15) is 13.2 Å². The molecule has 144 valence electrons. The number of aliphatic carboxylic acids is 1. The number of alkyl halides is 3. The van der Waals surface area contributed by atoms with Crippen LogP contribution in [0.15, 0.2) is 18.2 Å². The zero-order chi connectivity index (χ0) is 19.3. The molecule has 1 amide bonds. The van der Waals surface area contributed by atoms with Crippen molar-refractivity contribution < 1.29 is 32.6 Å². The Kier molecular flexibility index (Phi) is 6.50. The van der Waals surface area contributed by atoms with Crippen molar-refractivity contribution in [2.75, 3.05) is 11.9 Å². The first-order valence-electron chi connectivity index (χ1n) is 8.60. The molecule has 2 rings (SSSR count). The standard InChI is InChI=1S/C18H22F3NO4/c1-2-9-26-15-8-7-13(18(19,20)21)10-14(15)22-16(23)11-3-5-12(6-4-11)17(24)25/h7-8,10-12H,2-6,9H2,1H3,(H,22,23)(H,24,25). The monoisotopic (exact) mass is 373 g/mol. The minimum atomic E-state index is -4.53. The molecule has 1 aromatic carbocycles. The number of carbonyl (C=O) groups is 2. The van der Waals surface area contributed by atoms with Crippen LogP contribution in [-0.4, -0.2) is 23.6 Å². The van der Waals surface area contributed by atoms with E-state index in [-0.39, 0.29) is 11.4 Å². The van der Waals surface area contributed by atoms with E-state index in [1.807, 2.05) is 6.92 Å². The Morgan fingerprint density at radius 1 is 1.19 bits per heavy atom. The smallest absolute Gasteiger partial charge is 0.416 e. The number of hydrogen-bond acceptors (Lipinski definition) is 3. The molecule has 0 aromatic heterocycles. The first kappa shape index (κ1) is 20.1. The van der Waals surface area contributed by atoms with Crippen molar-refractivity contribution in [1.29, 1.82) is 0 Å². The molecule has 8 heteroatoms. The third-order valence-corrected chi connectivity index (χ3v) is 4.47. The molecule has 26 heavy (non-hydrogen) atoms. The van der Waals surface area contributed by atoms with Gasteiger partial charge in [-0.15, -0.1) is 0 Å². The minimum Gasteiger partial charge on any atom is -0.491 e. The number of rotatable bonds is 6. The third kappa shape index (κ3) is 5.12. The summed E-state index contributed by atoms with van der Waals surface area (Å²) in [6.07, 6.45) is -2.29. The van der Waals surface area contributed by atoms with Gasteiger partial charge in [0.25, 0.3) is 0 Å². The lowest BCUT2D eigenvalue weighted by molar-refractivity contribution is -0.143. The van der Waals surface area contributed by atoms with Crippen LogP contribution in [0.3, 0.4) is 0 Å². The second-order valence-corrected chi connectivity index (χ2v) is 6.43. The first-order chi connectivity index (χ1) is 12.2. The van der Waals surface area contributed by atoms with Crippen LogP contribution >= 0.6 is 0 Å². The van der Waals surface area contributed by atoms with Gasteiger partial charge in [0.05, 0.1) is 23.8 Å². The molecule has 1 saturated carbocycles. The van der Waals surface area contributed by atoms with Gasteiger partial charge in [-0.3, -0.25) is 9.59 Å². The summed E-state index contributed by atoms with van der Waals surface area (Å²) >= 11 is 0. The molecule has 1 aliphatic carbocycles. The minimum absolute atomic E-state index is 0.0152. The third-order valence-electron chi connectivity index (χ3n) is 4.47. The van der Waals surface area contributed by atoms with Crippen molar-refractivity contribution in [2.45, 2.75) is 45.2 Å². The fraction of sp³-hybridized carbons (Fsp3) is 0.556. The number of carbonyl (C=O) groups excluding carboxylic acids is 1. The van der Waals surface area contributed by atoms with Crippen LogP contribution in [-0.2, 0) is 15.8 Å². The van der Waals surface area contributed by atoms with Crippen molar-refractivity contribution in [3.8, 4) is 5.75 Å². The van der Waals surface area contributed by atoms with Gasteiger partial charge in [0.2, 0.25) is 5.91 Å². The molecule has 2 N–H and O–H groups in total. The van der Waals surface area contributed by atoms with Gasteiger partial charge in [0.15, 0.2) is 0 Å². The number of anilines is 1. The van der Waals surface area contributed by atoms with Gasteiger partial charge in [-0.05, 0) is 50.3 Å². The lowest BCUT2D eigenvalue weighted by Gasteiger charge is -2.25. The average molecular weight is 373 g/mol. The molecule has 1 aliphatic rings. The Balaban J connectivity index is 2.13. The van der Waals surface area contributed by atoms with Crippen LogP contribution in [0.2, 0.25) is 0 Å². The summed E-state index contributed by atoms with van der Waals surface area (Å²) in [6.45, 7) is 2.18. The lowest BCUT2D eigenvalue weighted by atomic mass is 9.81. The molecule has 0 bridgehead atoms. The van der Waals surface area contributed by atoms with Gasteiger partial charge in [-0.25, -0.2) is 0 Å². The molecular formula is C18H22F3NO4. The Hall–Kier alpha value is -2.25. The Labute approximate surface area is 149 Å². The molecule has 1 aromatic rings. The van der Waals surface area contributed by atoms with Crippen molar-refractivity contribution in [2.24, 2.45) is 11.8 Å². The number of nitrogens with one attached hydrogen (secondary N) is 1. The zero-order valence-electron chi connectivity index (χ0n) is 14.4. The van der Waals surface area contributed by atoms with Crippen LogP contribution in [0.4, 0.5) is 18.9 Å².